The van der Waals surface area contributed by atoms with E-state index in [0.29, 0.717) is 11.2 Å². The van der Waals surface area contributed by atoms with Crippen molar-refractivity contribution in [3.8, 4) is 0 Å². The Morgan fingerprint density at radius 3 is 2.73 bits per heavy atom. The van der Waals surface area contributed by atoms with Crippen LogP contribution in [0.25, 0.3) is 0 Å². The van der Waals surface area contributed by atoms with Crippen LogP contribution in [-0.2, 0) is 11.2 Å². The third-order valence-corrected chi connectivity index (χ3v) is 3.73. The van der Waals surface area contributed by atoms with Crippen LogP contribution in [0, 0.1) is 12.8 Å². The lowest BCUT2D eigenvalue weighted by atomic mass is 9.93. The number of rotatable bonds is 2. The van der Waals surface area contributed by atoms with Gasteiger partial charge in [0.15, 0.2) is 0 Å². The van der Waals surface area contributed by atoms with E-state index in [1.807, 2.05) is 0 Å². The molecule has 0 radical (unpaired) electrons. The molecule has 2 atom stereocenters. The SMILES string of the molecule is Cc1ccc(CC2COCCC2S)cc1. The monoisotopic (exact) mass is 222 g/mol. The third-order valence-electron chi connectivity index (χ3n) is 3.05. The Hall–Kier alpha value is -0.470. The van der Waals surface area contributed by atoms with Crippen molar-refractivity contribution in [2.24, 2.45) is 5.92 Å². The Kier molecular flexibility index (Phi) is 3.71. The zero-order valence-corrected chi connectivity index (χ0v) is 10.0. The highest BCUT2D eigenvalue weighted by Crippen LogP contribution is 2.23. The van der Waals surface area contributed by atoms with Crippen LogP contribution in [0.4, 0.5) is 0 Å². The Morgan fingerprint density at radius 2 is 2.07 bits per heavy atom. The van der Waals surface area contributed by atoms with Crippen molar-refractivity contribution in [1.82, 2.24) is 0 Å². The molecule has 0 N–H and O–H groups in total. The van der Waals surface area contributed by atoms with E-state index < -0.39 is 0 Å². The second-order valence-electron chi connectivity index (χ2n) is 4.38. The summed E-state index contributed by atoms with van der Waals surface area (Å²) in [5, 5.41) is 0.500. The standard InChI is InChI=1S/C13H18OS/c1-10-2-4-11(5-3-10)8-12-9-14-7-6-13(12)15/h2-5,12-13,15H,6-9H2,1H3. The molecule has 82 valence electrons. The van der Waals surface area contributed by atoms with Gasteiger partial charge >= 0.3 is 0 Å². The highest BCUT2D eigenvalue weighted by atomic mass is 32.1. The number of thiol groups is 1. The molecule has 1 aromatic carbocycles. The maximum atomic E-state index is 5.50. The molecule has 0 bridgehead atoms. The molecule has 0 saturated carbocycles. The van der Waals surface area contributed by atoms with E-state index >= 15 is 0 Å². The number of hydrogen-bond acceptors (Lipinski definition) is 2. The largest absolute Gasteiger partial charge is 0.381 e. The highest BCUT2D eigenvalue weighted by molar-refractivity contribution is 7.81. The van der Waals surface area contributed by atoms with E-state index in [0.717, 1.165) is 26.1 Å². The molecule has 0 aromatic heterocycles. The lowest BCUT2D eigenvalue weighted by Gasteiger charge is -2.28. The predicted octanol–water partition coefficient (Wildman–Crippen LogP) is 2.87. The molecule has 2 unspecified atom stereocenters. The van der Waals surface area contributed by atoms with Crippen LogP contribution in [0.5, 0.6) is 0 Å². The van der Waals surface area contributed by atoms with Gasteiger partial charge in [-0.15, -0.1) is 0 Å². The molecule has 0 spiro atoms. The molecule has 1 aliphatic heterocycles. The molecule has 15 heavy (non-hydrogen) atoms. The zero-order chi connectivity index (χ0) is 10.7. The maximum absolute atomic E-state index is 5.50. The van der Waals surface area contributed by atoms with E-state index in [4.69, 9.17) is 4.74 Å². The number of ether oxygens (including phenoxy) is 1. The second-order valence-corrected chi connectivity index (χ2v) is 5.04. The van der Waals surface area contributed by atoms with Gasteiger partial charge in [0.2, 0.25) is 0 Å². The third kappa shape index (κ3) is 2.99. The van der Waals surface area contributed by atoms with Gasteiger partial charge in [-0.2, -0.15) is 12.6 Å². The van der Waals surface area contributed by atoms with Gasteiger partial charge in [0.25, 0.3) is 0 Å². The van der Waals surface area contributed by atoms with Crippen molar-refractivity contribution >= 4 is 12.6 Å². The van der Waals surface area contributed by atoms with E-state index in [-0.39, 0.29) is 0 Å². The van der Waals surface area contributed by atoms with Crippen molar-refractivity contribution in [3.05, 3.63) is 35.4 Å². The summed E-state index contributed by atoms with van der Waals surface area (Å²) in [6.07, 6.45) is 2.17. The van der Waals surface area contributed by atoms with E-state index in [9.17, 15) is 0 Å². The quantitative estimate of drug-likeness (QED) is 0.757. The number of aryl methyl sites for hydroxylation is 1. The summed E-state index contributed by atoms with van der Waals surface area (Å²) in [6.45, 7) is 3.86. The summed E-state index contributed by atoms with van der Waals surface area (Å²) in [4.78, 5) is 0. The van der Waals surface area contributed by atoms with Gasteiger partial charge in [0.1, 0.15) is 0 Å². The number of benzene rings is 1. The second kappa shape index (κ2) is 5.04. The van der Waals surface area contributed by atoms with Crippen LogP contribution in [0.3, 0.4) is 0 Å². The predicted molar refractivity (Wildman–Crippen MR) is 66.6 cm³/mol. The fraction of sp³-hybridized carbons (Fsp3) is 0.538. The topological polar surface area (TPSA) is 9.23 Å². The fourth-order valence-corrected chi connectivity index (χ4v) is 2.30. The molecular weight excluding hydrogens is 204 g/mol. The van der Waals surface area contributed by atoms with Crippen LogP contribution >= 0.6 is 12.6 Å². The van der Waals surface area contributed by atoms with Crippen molar-refractivity contribution in [2.75, 3.05) is 13.2 Å². The van der Waals surface area contributed by atoms with Crippen LogP contribution in [-0.4, -0.2) is 18.5 Å². The molecule has 1 aromatic rings. The molecule has 0 aliphatic carbocycles. The molecule has 1 fully saturated rings. The normalized spacial score (nSPS) is 26.5. The van der Waals surface area contributed by atoms with Gasteiger partial charge in [0.05, 0.1) is 6.61 Å². The van der Waals surface area contributed by atoms with Crippen molar-refractivity contribution in [3.63, 3.8) is 0 Å². The van der Waals surface area contributed by atoms with Gasteiger partial charge in [-0.25, -0.2) is 0 Å². The fourth-order valence-electron chi connectivity index (χ4n) is 2.01. The van der Waals surface area contributed by atoms with Gasteiger partial charge in [0, 0.05) is 11.9 Å². The van der Waals surface area contributed by atoms with Crippen molar-refractivity contribution in [2.45, 2.75) is 25.0 Å². The summed E-state index contributed by atoms with van der Waals surface area (Å²) < 4.78 is 5.50. The summed E-state index contributed by atoms with van der Waals surface area (Å²) in [7, 11) is 0. The highest BCUT2D eigenvalue weighted by Gasteiger charge is 2.22. The average molecular weight is 222 g/mol. The van der Waals surface area contributed by atoms with E-state index in [1.54, 1.807) is 0 Å². The molecule has 2 rings (SSSR count). The van der Waals surface area contributed by atoms with Crippen molar-refractivity contribution in [1.29, 1.82) is 0 Å². The maximum Gasteiger partial charge on any atom is 0.0507 e. The summed E-state index contributed by atoms with van der Waals surface area (Å²) in [5.41, 5.74) is 2.72. The lowest BCUT2D eigenvalue weighted by Crippen LogP contribution is -2.29. The van der Waals surface area contributed by atoms with E-state index in [2.05, 4.69) is 43.8 Å². The Morgan fingerprint density at radius 1 is 1.33 bits per heavy atom. The molecule has 1 heterocycles. The summed E-state index contributed by atoms with van der Waals surface area (Å²) in [6, 6.07) is 8.77. The van der Waals surface area contributed by atoms with Crippen molar-refractivity contribution < 1.29 is 4.74 Å². The molecule has 1 saturated heterocycles. The van der Waals surface area contributed by atoms with Crippen LogP contribution in [0.1, 0.15) is 17.5 Å². The summed E-state index contributed by atoms with van der Waals surface area (Å²) >= 11 is 4.63. The zero-order valence-electron chi connectivity index (χ0n) is 9.15. The first-order valence-electron chi connectivity index (χ1n) is 5.57. The first kappa shape index (κ1) is 11.0. The first-order valence-corrected chi connectivity index (χ1v) is 6.08. The van der Waals surface area contributed by atoms with Gasteiger partial charge < -0.3 is 4.74 Å². The molecular formula is C13H18OS. The minimum atomic E-state index is 0.500. The molecule has 2 heteroatoms. The van der Waals surface area contributed by atoms with Crippen LogP contribution in [0.2, 0.25) is 0 Å². The molecule has 1 nitrogen and oxygen atoms in total. The van der Waals surface area contributed by atoms with Crippen LogP contribution in [0.15, 0.2) is 24.3 Å². The summed E-state index contributed by atoms with van der Waals surface area (Å²) in [5.74, 6) is 0.574. The Bertz CT molecular complexity index is 307. The van der Waals surface area contributed by atoms with Crippen LogP contribution < -0.4 is 0 Å². The molecule has 0 amide bonds. The Balaban J connectivity index is 1.98. The minimum absolute atomic E-state index is 0.500. The lowest BCUT2D eigenvalue weighted by molar-refractivity contribution is 0.0596. The average Bonchev–Trinajstić information content (AvgIpc) is 2.25. The first-order chi connectivity index (χ1) is 7.25. The van der Waals surface area contributed by atoms with Gasteiger partial charge in [-0.1, -0.05) is 29.8 Å². The van der Waals surface area contributed by atoms with Gasteiger partial charge in [-0.05, 0) is 31.2 Å². The van der Waals surface area contributed by atoms with Gasteiger partial charge in [-0.3, -0.25) is 0 Å². The number of hydrogen-bond donors (Lipinski definition) is 1. The molecule has 1 aliphatic rings. The van der Waals surface area contributed by atoms with E-state index in [1.165, 1.54) is 11.1 Å². The minimum Gasteiger partial charge on any atom is -0.381 e. The smallest absolute Gasteiger partial charge is 0.0507 e. The Labute approximate surface area is 97.2 Å².